The van der Waals surface area contributed by atoms with Gasteiger partial charge in [0.25, 0.3) is 5.91 Å². The van der Waals surface area contributed by atoms with E-state index in [9.17, 15) is 18.0 Å². The molecule has 0 fully saturated rings. The van der Waals surface area contributed by atoms with Crippen LogP contribution in [0.3, 0.4) is 0 Å². The summed E-state index contributed by atoms with van der Waals surface area (Å²) in [6, 6.07) is 11.2. The summed E-state index contributed by atoms with van der Waals surface area (Å²) in [7, 11) is 0. The maximum atomic E-state index is 13.5. The van der Waals surface area contributed by atoms with E-state index in [-0.39, 0.29) is 22.1 Å². The van der Waals surface area contributed by atoms with Gasteiger partial charge in [0.1, 0.15) is 11.6 Å². The molecule has 2 N–H and O–H groups in total. The van der Waals surface area contributed by atoms with Crippen LogP contribution in [0.5, 0.6) is 5.75 Å². The number of alkyl halides is 2. The number of benzene rings is 2. The van der Waals surface area contributed by atoms with Crippen LogP contribution in [0.4, 0.5) is 18.9 Å². The second kappa shape index (κ2) is 7.59. The van der Waals surface area contributed by atoms with Crippen LogP contribution in [-0.4, -0.2) is 17.6 Å². The Balaban J connectivity index is 2.06. The molecule has 0 aliphatic carbocycles. The minimum atomic E-state index is -3.00. The van der Waals surface area contributed by atoms with E-state index in [0.717, 1.165) is 6.07 Å². The average Bonchev–Trinajstić information content (AvgIpc) is 2.49. The van der Waals surface area contributed by atoms with Crippen LogP contribution in [0.25, 0.3) is 0 Å². The monoisotopic (exact) mass is 340 g/mol. The van der Waals surface area contributed by atoms with Crippen molar-refractivity contribution in [1.82, 2.24) is 5.32 Å². The molecule has 8 heteroatoms. The Hall–Kier alpha value is -2.61. The summed E-state index contributed by atoms with van der Waals surface area (Å²) in [5.74, 6) is -1.59. The van der Waals surface area contributed by atoms with E-state index in [2.05, 4.69) is 15.4 Å². The molecule has 0 radical (unpaired) electrons. The van der Waals surface area contributed by atoms with Gasteiger partial charge >= 0.3 is 6.61 Å². The topological polar surface area (TPSA) is 50.4 Å². The summed E-state index contributed by atoms with van der Waals surface area (Å²) < 4.78 is 42.5. The number of anilines is 1. The molecule has 2 aromatic carbocycles. The van der Waals surface area contributed by atoms with Crippen LogP contribution in [-0.2, 0) is 0 Å². The Labute approximate surface area is 135 Å². The lowest BCUT2D eigenvalue weighted by Crippen LogP contribution is -2.34. The van der Waals surface area contributed by atoms with Gasteiger partial charge in [-0.1, -0.05) is 24.3 Å². The fraction of sp³-hybridized carbons (Fsp3) is 0.0667. The first-order valence-electron chi connectivity index (χ1n) is 6.38. The zero-order valence-electron chi connectivity index (χ0n) is 11.6. The predicted octanol–water partition coefficient (Wildman–Crippen LogP) is 3.55. The number of thiocarbonyl (C=S) groups is 1. The van der Waals surface area contributed by atoms with Gasteiger partial charge in [-0.25, -0.2) is 4.39 Å². The number of hydrogen-bond donors (Lipinski definition) is 2. The largest absolute Gasteiger partial charge is 0.433 e. The third-order valence-corrected chi connectivity index (χ3v) is 2.90. The molecule has 0 bridgehead atoms. The SMILES string of the molecule is O=C(NC(=S)Nc1ccccc1OC(F)F)c1ccccc1F. The van der Waals surface area contributed by atoms with Gasteiger partial charge in [-0.2, -0.15) is 8.78 Å². The third kappa shape index (κ3) is 4.68. The summed E-state index contributed by atoms with van der Waals surface area (Å²) in [6.07, 6.45) is 0. The maximum Gasteiger partial charge on any atom is 0.387 e. The number of nitrogens with one attached hydrogen (secondary N) is 2. The second-order valence-electron chi connectivity index (χ2n) is 4.26. The van der Waals surface area contributed by atoms with Crippen molar-refractivity contribution in [3.8, 4) is 5.75 Å². The molecule has 0 heterocycles. The van der Waals surface area contributed by atoms with E-state index in [4.69, 9.17) is 12.2 Å². The molecule has 4 nitrogen and oxygen atoms in total. The normalized spacial score (nSPS) is 10.3. The van der Waals surface area contributed by atoms with Gasteiger partial charge in [0.2, 0.25) is 0 Å². The highest BCUT2D eigenvalue weighted by Crippen LogP contribution is 2.25. The summed E-state index contributed by atoms with van der Waals surface area (Å²) in [6.45, 7) is -3.00. The lowest BCUT2D eigenvalue weighted by Gasteiger charge is -2.13. The second-order valence-corrected chi connectivity index (χ2v) is 4.67. The van der Waals surface area contributed by atoms with Crippen molar-refractivity contribution >= 4 is 28.9 Å². The molecular weight excluding hydrogens is 329 g/mol. The molecule has 0 spiro atoms. The van der Waals surface area contributed by atoms with Gasteiger partial charge in [0.15, 0.2) is 5.11 Å². The minimum Gasteiger partial charge on any atom is -0.433 e. The molecule has 0 aliphatic heterocycles. The van der Waals surface area contributed by atoms with Crippen molar-refractivity contribution < 1.29 is 22.7 Å². The predicted molar refractivity (Wildman–Crippen MR) is 83.2 cm³/mol. The van der Waals surface area contributed by atoms with Crippen LogP contribution >= 0.6 is 12.2 Å². The summed E-state index contributed by atoms with van der Waals surface area (Å²) in [5.41, 5.74) is -0.0413. The van der Waals surface area contributed by atoms with Crippen molar-refractivity contribution in [1.29, 1.82) is 0 Å². The Kier molecular flexibility index (Phi) is 5.53. The quantitative estimate of drug-likeness (QED) is 0.836. The van der Waals surface area contributed by atoms with E-state index in [0.29, 0.717) is 0 Å². The van der Waals surface area contributed by atoms with Crippen LogP contribution in [0.2, 0.25) is 0 Å². The van der Waals surface area contributed by atoms with Crippen molar-refractivity contribution in [3.05, 3.63) is 59.9 Å². The number of halogens is 3. The van der Waals surface area contributed by atoms with Gasteiger partial charge in [-0.3, -0.25) is 10.1 Å². The van der Waals surface area contributed by atoms with Gasteiger partial charge in [-0.15, -0.1) is 0 Å². The first-order valence-corrected chi connectivity index (χ1v) is 6.79. The van der Waals surface area contributed by atoms with Crippen molar-refractivity contribution in [3.63, 3.8) is 0 Å². The van der Waals surface area contributed by atoms with Gasteiger partial charge in [0, 0.05) is 0 Å². The van der Waals surface area contributed by atoms with E-state index in [1.54, 1.807) is 6.07 Å². The molecule has 0 unspecified atom stereocenters. The smallest absolute Gasteiger partial charge is 0.387 e. The molecule has 23 heavy (non-hydrogen) atoms. The fourth-order valence-electron chi connectivity index (χ4n) is 1.74. The standard InChI is InChI=1S/C15H11F3N2O2S/c16-10-6-2-1-5-9(10)13(21)20-15(23)19-11-7-3-4-8-12(11)22-14(17)18/h1-8,14H,(H2,19,20,21,23). The summed E-state index contributed by atoms with van der Waals surface area (Å²) >= 11 is 4.92. The van der Waals surface area contributed by atoms with Gasteiger partial charge in [0.05, 0.1) is 11.3 Å². The zero-order chi connectivity index (χ0) is 16.8. The van der Waals surface area contributed by atoms with Gasteiger partial charge in [-0.05, 0) is 36.5 Å². The number of rotatable bonds is 4. The number of carbonyl (C=O) groups is 1. The highest BCUT2D eigenvalue weighted by atomic mass is 32.1. The maximum absolute atomic E-state index is 13.5. The van der Waals surface area contributed by atoms with E-state index in [1.807, 2.05) is 0 Å². The molecule has 2 rings (SSSR count). The van der Waals surface area contributed by atoms with Crippen LogP contribution < -0.4 is 15.4 Å². The van der Waals surface area contributed by atoms with Crippen LogP contribution in [0.1, 0.15) is 10.4 Å². The average molecular weight is 340 g/mol. The molecule has 0 aliphatic rings. The van der Waals surface area contributed by atoms with E-state index < -0.39 is 18.3 Å². The number of para-hydroxylation sites is 2. The zero-order valence-corrected chi connectivity index (χ0v) is 12.4. The molecule has 120 valence electrons. The first-order chi connectivity index (χ1) is 11.0. The van der Waals surface area contributed by atoms with Crippen LogP contribution in [0, 0.1) is 5.82 Å². The number of carbonyl (C=O) groups excluding carboxylic acids is 1. The molecule has 0 atom stereocenters. The van der Waals surface area contributed by atoms with Crippen molar-refractivity contribution in [2.75, 3.05) is 5.32 Å². The summed E-state index contributed by atoms with van der Waals surface area (Å²) in [4.78, 5) is 11.9. The fourth-order valence-corrected chi connectivity index (χ4v) is 1.94. The minimum absolute atomic E-state index is 0.134. The number of amides is 1. The molecule has 0 aromatic heterocycles. The highest BCUT2D eigenvalue weighted by Gasteiger charge is 2.14. The Morgan fingerprint density at radius 2 is 1.74 bits per heavy atom. The Morgan fingerprint density at radius 1 is 1.09 bits per heavy atom. The van der Waals surface area contributed by atoms with Gasteiger partial charge < -0.3 is 10.1 Å². The molecule has 2 aromatic rings. The van der Waals surface area contributed by atoms with E-state index in [1.165, 1.54) is 36.4 Å². The van der Waals surface area contributed by atoms with Crippen LogP contribution in [0.15, 0.2) is 48.5 Å². The first kappa shape index (κ1) is 16.8. The van der Waals surface area contributed by atoms with E-state index >= 15 is 0 Å². The third-order valence-electron chi connectivity index (χ3n) is 2.70. The Bertz CT molecular complexity index is 725. The summed E-state index contributed by atoms with van der Waals surface area (Å²) in [5, 5.41) is 4.64. The molecule has 0 saturated heterocycles. The molecule has 1 amide bonds. The van der Waals surface area contributed by atoms with Crippen molar-refractivity contribution in [2.45, 2.75) is 6.61 Å². The van der Waals surface area contributed by atoms with Crippen molar-refractivity contribution in [2.24, 2.45) is 0 Å². The highest BCUT2D eigenvalue weighted by molar-refractivity contribution is 7.80. The lowest BCUT2D eigenvalue weighted by molar-refractivity contribution is -0.0493. The number of hydrogen-bond acceptors (Lipinski definition) is 3. The Morgan fingerprint density at radius 3 is 2.43 bits per heavy atom. The molecule has 0 saturated carbocycles. The lowest BCUT2D eigenvalue weighted by atomic mass is 10.2. The molecular formula is C15H11F3N2O2S. The number of ether oxygens (including phenoxy) is 1.